The van der Waals surface area contributed by atoms with Gasteiger partial charge < -0.3 is 15.5 Å². The maximum absolute atomic E-state index is 12.6. The highest BCUT2D eigenvalue weighted by Gasteiger charge is 2.31. The van der Waals surface area contributed by atoms with Crippen LogP contribution < -0.4 is 5.73 Å². The number of carbonyl (C=O) groups is 2. The van der Waals surface area contributed by atoms with Crippen molar-refractivity contribution in [2.45, 2.75) is 12.7 Å². The van der Waals surface area contributed by atoms with E-state index < -0.39 is 11.7 Å². The Balaban J connectivity index is 0.00000280. The molecule has 3 rings (SSSR count). The van der Waals surface area contributed by atoms with Crippen molar-refractivity contribution in [3.05, 3.63) is 51.5 Å². The van der Waals surface area contributed by atoms with Crippen molar-refractivity contribution in [1.29, 1.82) is 0 Å². The molecule has 1 aromatic heterocycles. The van der Waals surface area contributed by atoms with Crippen molar-refractivity contribution in [1.82, 2.24) is 14.8 Å². The van der Waals surface area contributed by atoms with Crippen LogP contribution in [0, 0.1) is 0 Å². The summed E-state index contributed by atoms with van der Waals surface area (Å²) in [6.45, 7) is 1.55. The molecule has 0 unspecified atom stereocenters. The van der Waals surface area contributed by atoms with Gasteiger partial charge in [0.2, 0.25) is 0 Å². The van der Waals surface area contributed by atoms with E-state index in [1.807, 2.05) is 0 Å². The van der Waals surface area contributed by atoms with Crippen LogP contribution in [0.15, 0.2) is 29.6 Å². The molecule has 1 fully saturated rings. The van der Waals surface area contributed by atoms with Crippen LogP contribution in [0.25, 0.3) is 0 Å². The molecule has 0 aliphatic carbocycles. The number of rotatable bonds is 3. The highest BCUT2D eigenvalue weighted by atomic mass is 35.5. The van der Waals surface area contributed by atoms with Gasteiger partial charge in [-0.15, -0.1) is 23.7 Å². The molecule has 28 heavy (non-hydrogen) atoms. The zero-order chi connectivity index (χ0) is 19.6. The van der Waals surface area contributed by atoms with Gasteiger partial charge in [-0.2, -0.15) is 13.2 Å². The molecule has 2 N–H and O–H groups in total. The third-order valence-corrected chi connectivity index (χ3v) is 5.13. The average Bonchev–Trinajstić information content (AvgIpc) is 3.15. The highest BCUT2D eigenvalue weighted by Crippen LogP contribution is 2.29. The van der Waals surface area contributed by atoms with Gasteiger partial charge in [0, 0.05) is 43.7 Å². The average molecular weight is 435 g/mol. The molecule has 1 aliphatic heterocycles. The van der Waals surface area contributed by atoms with Gasteiger partial charge in [-0.1, -0.05) is 0 Å². The van der Waals surface area contributed by atoms with E-state index in [-0.39, 0.29) is 36.3 Å². The number of nitrogens with two attached hydrogens (primary N) is 1. The van der Waals surface area contributed by atoms with E-state index in [0.717, 1.165) is 12.1 Å². The van der Waals surface area contributed by atoms with Crippen LogP contribution in [-0.2, 0) is 12.7 Å². The van der Waals surface area contributed by atoms with Gasteiger partial charge in [-0.05, 0) is 24.3 Å². The molecule has 11 heteroatoms. The van der Waals surface area contributed by atoms with Crippen molar-refractivity contribution in [2.24, 2.45) is 5.73 Å². The number of benzene rings is 1. The molecule has 0 atom stereocenters. The quantitative estimate of drug-likeness (QED) is 0.805. The lowest BCUT2D eigenvalue weighted by Gasteiger charge is -2.34. The summed E-state index contributed by atoms with van der Waals surface area (Å²) in [6.07, 6.45) is -4.44. The molecule has 6 nitrogen and oxygen atoms in total. The second-order valence-corrected chi connectivity index (χ2v) is 6.93. The SMILES string of the molecule is Cl.NCc1nc(C(=O)N2CCN(C(=O)c3ccc(C(F)(F)F)cc3)CC2)cs1. The summed E-state index contributed by atoms with van der Waals surface area (Å²) in [5.41, 5.74) is 5.23. The Kier molecular flexibility index (Phi) is 7.02. The summed E-state index contributed by atoms with van der Waals surface area (Å²) in [5, 5.41) is 2.33. The summed E-state index contributed by atoms with van der Waals surface area (Å²) in [6, 6.07) is 4.13. The Bertz CT molecular complexity index is 834. The van der Waals surface area contributed by atoms with Gasteiger partial charge in [0.25, 0.3) is 11.8 Å². The molecule has 1 aromatic carbocycles. The first kappa shape index (κ1) is 22.1. The molecule has 0 saturated carbocycles. The summed E-state index contributed by atoms with van der Waals surface area (Å²) >= 11 is 1.32. The van der Waals surface area contributed by atoms with Gasteiger partial charge in [0.05, 0.1) is 5.56 Å². The first-order chi connectivity index (χ1) is 12.8. The number of aromatic nitrogens is 1. The fourth-order valence-corrected chi connectivity index (χ4v) is 3.41. The number of hydrogen-bond acceptors (Lipinski definition) is 5. The smallest absolute Gasteiger partial charge is 0.335 e. The second kappa shape index (κ2) is 8.89. The van der Waals surface area contributed by atoms with E-state index in [9.17, 15) is 22.8 Å². The Labute approximate surface area is 169 Å². The zero-order valence-electron chi connectivity index (χ0n) is 14.6. The van der Waals surface area contributed by atoms with Crippen LogP contribution in [0.2, 0.25) is 0 Å². The maximum Gasteiger partial charge on any atom is 0.416 e. The molecule has 2 amide bonds. The van der Waals surface area contributed by atoms with Crippen molar-refractivity contribution in [2.75, 3.05) is 26.2 Å². The number of alkyl halides is 3. The lowest BCUT2D eigenvalue weighted by atomic mass is 10.1. The van der Waals surface area contributed by atoms with Crippen LogP contribution >= 0.6 is 23.7 Å². The molecule has 0 bridgehead atoms. The molecule has 0 radical (unpaired) electrons. The van der Waals surface area contributed by atoms with E-state index in [0.29, 0.717) is 36.9 Å². The van der Waals surface area contributed by atoms with Crippen molar-refractivity contribution in [3.63, 3.8) is 0 Å². The summed E-state index contributed by atoms with van der Waals surface area (Å²) in [7, 11) is 0. The molecular weight excluding hydrogens is 417 g/mol. The summed E-state index contributed by atoms with van der Waals surface area (Å²) in [5.74, 6) is -0.567. The minimum absolute atomic E-state index is 0. The first-order valence-corrected chi connectivity index (χ1v) is 9.08. The van der Waals surface area contributed by atoms with Gasteiger partial charge in [-0.3, -0.25) is 9.59 Å². The highest BCUT2D eigenvalue weighted by molar-refractivity contribution is 7.09. The normalized spacial score (nSPS) is 14.6. The largest absolute Gasteiger partial charge is 0.416 e. The minimum Gasteiger partial charge on any atom is -0.335 e. The summed E-state index contributed by atoms with van der Waals surface area (Å²) in [4.78, 5) is 32.2. The van der Waals surface area contributed by atoms with E-state index in [2.05, 4.69) is 4.98 Å². The van der Waals surface area contributed by atoms with Crippen molar-refractivity contribution in [3.8, 4) is 0 Å². The van der Waals surface area contributed by atoms with Gasteiger partial charge in [0.15, 0.2) is 0 Å². The third-order valence-electron chi connectivity index (χ3n) is 4.26. The molecule has 1 saturated heterocycles. The van der Waals surface area contributed by atoms with Crippen LogP contribution in [0.3, 0.4) is 0 Å². The second-order valence-electron chi connectivity index (χ2n) is 5.99. The number of thiazole rings is 1. The standard InChI is InChI=1S/C17H17F3N4O2S.ClH/c18-17(19,20)12-3-1-11(2-4-12)15(25)23-5-7-24(8-6-23)16(26)13-10-27-14(9-21)22-13;/h1-4,10H,5-9,21H2;1H. The fourth-order valence-electron chi connectivity index (χ4n) is 2.76. The first-order valence-electron chi connectivity index (χ1n) is 8.20. The fraction of sp³-hybridized carbons (Fsp3) is 0.353. The predicted octanol–water partition coefficient (Wildman–Crippen LogP) is 2.64. The van der Waals surface area contributed by atoms with E-state index in [4.69, 9.17) is 5.73 Å². The summed E-state index contributed by atoms with van der Waals surface area (Å²) < 4.78 is 37.8. The van der Waals surface area contributed by atoms with Crippen LogP contribution in [-0.4, -0.2) is 52.8 Å². The van der Waals surface area contributed by atoms with Gasteiger partial charge in [-0.25, -0.2) is 4.98 Å². The topological polar surface area (TPSA) is 79.5 Å². The van der Waals surface area contributed by atoms with Crippen molar-refractivity contribution >= 4 is 35.6 Å². The lowest BCUT2D eigenvalue weighted by Crippen LogP contribution is -2.50. The molecule has 1 aliphatic rings. The van der Waals surface area contributed by atoms with Crippen molar-refractivity contribution < 1.29 is 22.8 Å². The van der Waals surface area contributed by atoms with Crippen LogP contribution in [0.1, 0.15) is 31.4 Å². The monoisotopic (exact) mass is 434 g/mol. The molecule has 2 heterocycles. The number of amides is 2. The lowest BCUT2D eigenvalue weighted by molar-refractivity contribution is -0.137. The molecule has 0 spiro atoms. The van der Waals surface area contributed by atoms with Crippen LogP contribution in [0.5, 0.6) is 0 Å². The third kappa shape index (κ3) is 4.81. The number of carbonyl (C=O) groups excluding carboxylic acids is 2. The zero-order valence-corrected chi connectivity index (χ0v) is 16.2. The van der Waals surface area contributed by atoms with E-state index >= 15 is 0 Å². The number of nitrogens with zero attached hydrogens (tertiary/aromatic N) is 3. The Morgan fingerprint density at radius 2 is 1.57 bits per heavy atom. The Hall–Kier alpha value is -2.17. The minimum atomic E-state index is -4.44. The molecule has 152 valence electrons. The van der Waals surface area contributed by atoms with Gasteiger partial charge in [0.1, 0.15) is 10.7 Å². The molecule has 2 aromatic rings. The Morgan fingerprint density at radius 1 is 1.04 bits per heavy atom. The number of hydrogen-bond donors (Lipinski definition) is 1. The number of halogens is 4. The Morgan fingerprint density at radius 3 is 2.04 bits per heavy atom. The van der Waals surface area contributed by atoms with E-state index in [1.165, 1.54) is 28.4 Å². The maximum atomic E-state index is 12.6. The molecular formula is C17H18ClF3N4O2S. The number of piperazine rings is 1. The van der Waals surface area contributed by atoms with Crippen LogP contribution in [0.4, 0.5) is 13.2 Å². The predicted molar refractivity (Wildman–Crippen MR) is 101 cm³/mol. The van der Waals surface area contributed by atoms with E-state index in [1.54, 1.807) is 10.3 Å². The van der Waals surface area contributed by atoms with Gasteiger partial charge >= 0.3 is 6.18 Å².